The number of pyridine rings is 1. The normalized spacial score (nSPS) is 10.1. The van der Waals surface area contributed by atoms with Crippen LogP contribution in [0.2, 0.25) is 0 Å². The number of carbonyl (C=O) groups is 1. The second kappa shape index (κ2) is 5.35. The van der Waals surface area contributed by atoms with Crippen molar-refractivity contribution >= 4 is 23.0 Å². The Morgan fingerprint density at radius 3 is 2.80 bits per heavy atom. The first-order valence-electron chi connectivity index (χ1n) is 5.76. The van der Waals surface area contributed by atoms with Crippen LogP contribution in [0, 0.1) is 10.1 Å². The molecule has 7 heteroatoms. The number of hydrogen-bond donors (Lipinski definition) is 2. The van der Waals surface area contributed by atoms with Gasteiger partial charge in [0.1, 0.15) is 5.69 Å². The number of nitrogens with two attached hydrogens (primary N) is 1. The highest BCUT2D eigenvalue weighted by Gasteiger charge is 2.18. The van der Waals surface area contributed by atoms with Crippen LogP contribution in [0.25, 0.3) is 11.3 Å². The molecule has 102 valence electrons. The Balaban J connectivity index is 2.57. The summed E-state index contributed by atoms with van der Waals surface area (Å²) < 4.78 is 0. The molecule has 0 radical (unpaired) electrons. The highest BCUT2D eigenvalue weighted by atomic mass is 16.6. The van der Waals surface area contributed by atoms with Crippen molar-refractivity contribution in [1.82, 2.24) is 4.98 Å². The van der Waals surface area contributed by atoms with Gasteiger partial charge in [0.25, 0.3) is 5.69 Å². The second-order valence-electron chi connectivity index (χ2n) is 4.11. The summed E-state index contributed by atoms with van der Waals surface area (Å²) in [4.78, 5) is 25.6. The number of nitrogens with zero attached hydrogens (tertiary/aromatic N) is 2. The Bertz CT molecular complexity index is 685. The zero-order valence-electron chi connectivity index (χ0n) is 10.7. The molecule has 0 bridgehead atoms. The van der Waals surface area contributed by atoms with E-state index in [9.17, 15) is 14.9 Å². The smallest absolute Gasteiger partial charge is 0.295 e. The Morgan fingerprint density at radius 2 is 2.15 bits per heavy atom. The summed E-state index contributed by atoms with van der Waals surface area (Å²) in [6.07, 6.45) is 1.45. The summed E-state index contributed by atoms with van der Waals surface area (Å²) in [6.45, 7) is 1.37. The molecule has 2 rings (SSSR count). The van der Waals surface area contributed by atoms with E-state index in [0.717, 1.165) is 0 Å². The van der Waals surface area contributed by atoms with Gasteiger partial charge < -0.3 is 11.1 Å². The van der Waals surface area contributed by atoms with Gasteiger partial charge in [-0.25, -0.2) is 4.98 Å². The van der Waals surface area contributed by atoms with Gasteiger partial charge in [-0.1, -0.05) is 0 Å². The molecule has 0 saturated heterocycles. The molecular formula is C13H12N4O3. The number of aromatic nitrogens is 1. The Hall–Kier alpha value is -2.96. The molecule has 0 saturated carbocycles. The SMILES string of the molecule is CC(=O)Nc1ccc(N)c(-c2ncccc2[N+](=O)[O-])c1. The van der Waals surface area contributed by atoms with E-state index in [0.29, 0.717) is 16.9 Å². The summed E-state index contributed by atoms with van der Waals surface area (Å²) in [5.74, 6) is -0.240. The van der Waals surface area contributed by atoms with Crippen LogP contribution in [0.4, 0.5) is 17.1 Å². The van der Waals surface area contributed by atoms with Gasteiger partial charge >= 0.3 is 0 Å². The van der Waals surface area contributed by atoms with Crippen LogP contribution in [0.3, 0.4) is 0 Å². The lowest BCUT2D eigenvalue weighted by atomic mass is 10.1. The maximum atomic E-state index is 11.1. The molecule has 1 aromatic heterocycles. The molecule has 1 amide bonds. The van der Waals surface area contributed by atoms with E-state index in [2.05, 4.69) is 10.3 Å². The number of anilines is 2. The fourth-order valence-corrected chi connectivity index (χ4v) is 1.79. The van der Waals surface area contributed by atoms with E-state index >= 15 is 0 Å². The van der Waals surface area contributed by atoms with Crippen molar-refractivity contribution in [2.45, 2.75) is 6.92 Å². The summed E-state index contributed by atoms with van der Waals surface area (Å²) in [5, 5.41) is 13.6. The second-order valence-corrected chi connectivity index (χ2v) is 4.11. The number of nitrogen functional groups attached to an aromatic ring is 1. The number of rotatable bonds is 3. The van der Waals surface area contributed by atoms with Gasteiger partial charge in [-0.2, -0.15) is 0 Å². The summed E-state index contributed by atoms with van der Waals surface area (Å²) in [7, 11) is 0. The van der Waals surface area contributed by atoms with E-state index in [1.807, 2.05) is 0 Å². The predicted molar refractivity (Wildman–Crippen MR) is 75.0 cm³/mol. The minimum absolute atomic E-state index is 0.140. The molecule has 0 atom stereocenters. The molecular weight excluding hydrogens is 260 g/mol. The van der Waals surface area contributed by atoms with Crippen LogP contribution >= 0.6 is 0 Å². The first-order valence-corrected chi connectivity index (χ1v) is 5.76. The Labute approximate surface area is 114 Å². The number of nitro groups is 1. The lowest BCUT2D eigenvalue weighted by molar-refractivity contribution is -0.384. The Morgan fingerprint density at radius 1 is 1.40 bits per heavy atom. The van der Waals surface area contributed by atoms with Crippen molar-refractivity contribution in [3.05, 3.63) is 46.6 Å². The topological polar surface area (TPSA) is 111 Å². The molecule has 0 aliphatic carbocycles. The van der Waals surface area contributed by atoms with Crippen molar-refractivity contribution in [1.29, 1.82) is 0 Å². The molecule has 1 aromatic carbocycles. The fraction of sp³-hybridized carbons (Fsp3) is 0.0769. The molecule has 1 heterocycles. The third kappa shape index (κ3) is 2.72. The predicted octanol–water partition coefficient (Wildman–Crippen LogP) is 2.20. The van der Waals surface area contributed by atoms with E-state index in [1.54, 1.807) is 18.2 Å². The number of carbonyl (C=O) groups excluding carboxylic acids is 1. The quantitative estimate of drug-likeness (QED) is 0.505. The number of benzene rings is 1. The van der Waals surface area contributed by atoms with E-state index in [4.69, 9.17) is 5.73 Å². The molecule has 0 aliphatic heterocycles. The van der Waals surface area contributed by atoms with Crippen LogP contribution in [0.5, 0.6) is 0 Å². The van der Waals surface area contributed by atoms with E-state index < -0.39 is 4.92 Å². The van der Waals surface area contributed by atoms with Gasteiger partial charge in [0.05, 0.1) is 4.92 Å². The van der Waals surface area contributed by atoms with Gasteiger partial charge in [0.2, 0.25) is 5.91 Å². The summed E-state index contributed by atoms with van der Waals surface area (Å²) in [5.41, 5.74) is 7.13. The van der Waals surface area contributed by atoms with Crippen molar-refractivity contribution in [2.24, 2.45) is 0 Å². The first-order chi connectivity index (χ1) is 9.49. The molecule has 0 fully saturated rings. The zero-order chi connectivity index (χ0) is 14.7. The first kappa shape index (κ1) is 13.5. The summed E-state index contributed by atoms with van der Waals surface area (Å²) in [6, 6.07) is 7.59. The monoisotopic (exact) mass is 272 g/mol. The lowest BCUT2D eigenvalue weighted by Crippen LogP contribution is -2.06. The molecule has 7 nitrogen and oxygen atoms in total. The number of amides is 1. The van der Waals surface area contributed by atoms with Crippen LogP contribution in [0.15, 0.2) is 36.5 Å². The van der Waals surface area contributed by atoms with Crippen molar-refractivity contribution in [2.75, 3.05) is 11.1 Å². The van der Waals surface area contributed by atoms with Crippen LogP contribution < -0.4 is 11.1 Å². The van der Waals surface area contributed by atoms with E-state index in [1.165, 1.54) is 25.3 Å². The summed E-state index contributed by atoms with van der Waals surface area (Å²) >= 11 is 0. The Kier molecular flexibility index (Phi) is 3.60. The standard InChI is InChI=1S/C13H12N4O3/c1-8(18)16-9-4-5-11(14)10(7-9)13-12(17(19)20)3-2-6-15-13/h2-7H,14H2,1H3,(H,16,18). The van der Waals surface area contributed by atoms with Crippen molar-refractivity contribution in [3.8, 4) is 11.3 Å². The number of hydrogen-bond acceptors (Lipinski definition) is 5. The highest BCUT2D eigenvalue weighted by Crippen LogP contribution is 2.33. The average molecular weight is 272 g/mol. The average Bonchev–Trinajstić information content (AvgIpc) is 2.40. The highest BCUT2D eigenvalue weighted by molar-refractivity contribution is 5.91. The van der Waals surface area contributed by atoms with Crippen LogP contribution in [0.1, 0.15) is 6.92 Å². The van der Waals surface area contributed by atoms with Crippen molar-refractivity contribution < 1.29 is 9.72 Å². The van der Waals surface area contributed by atoms with Gasteiger partial charge in [-0.3, -0.25) is 14.9 Å². The maximum absolute atomic E-state index is 11.1. The maximum Gasteiger partial charge on any atom is 0.295 e. The van der Waals surface area contributed by atoms with Crippen molar-refractivity contribution in [3.63, 3.8) is 0 Å². The minimum atomic E-state index is -0.521. The molecule has 3 N–H and O–H groups in total. The number of nitrogens with one attached hydrogen (secondary N) is 1. The third-order valence-electron chi connectivity index (χ3n) is 2.61. The fourth-order valence-electron chi connectivity index (χ4n) is 1.79. The molecule has 0 spiro atoms. The van der Waals surface area contributed by atoms with Gasteiger partial charge in [-0.15, -0.1) is 0 Å². The van der Waals surface area contributed by atoms with E-state index in [-0.39, 0.29) is 17.3 Å². The largest absolute Gasteiger partial charge is 0.398 e. The minimum Gasteiger partial charge on any atom is -0.398 e. The molecule has 0 unspecified atom stereocenters. The van der Waals surface area contributed by atoms with Gasteiger partial charge in [-0.05, 0) is 24.3 Å². The molecule has 0 aliphatic rings. The third-order valence-corrected chi connectivity index (χ3v) is 2.61. The van der Waals surface area contributed by atoms with Crippen LogP contribution in [-0.2, 0) is 4.79 Å². The zero-order valence-corrected chi connectivity index (χ0v) is 10.7. The lowest BCUT2D eigenvalue weighted by Gasteiger charge is -2.09. The van der Waals surface area contributed by atoms with Gasteiger partial charge in [0.15, 0.2) is 0 Å². The van der Waals surface area contributed by atoms with Crippen LogP contribution in [-0.4, -0.2) is 15.8 Å². The van der Waals surface area contributed by atoms with Gasteiger partial charge in [0, 0.05) is 36.1 Å². The molecule has 20 heavy (non-hydrogen) atoms. The molecule has 2 aromatic rings.